The van der Waals surface area contributed by atoms with Crippen molar-refractivity contribution in [3.63, 3.8) is 0 Å². The summed E-state index contributed by atoms with van der Waals surface area (Å²) in [6.45, 7) is 5.17. The van der Waals surface area contributed by atoms with Gasteiger partial charge < -0.3 is 20.5 Å². The number of hydrogen-bond acceptors (Lipinski definition) is 4. The predicted octanol–water partition coefficient (Wildman–Crippen LogP) is 0.733. The standard InChI is InChI=1S/C12H26N2O3/c1-9(2)5-10(7-13)6-11(15)14-8-12(16-3)17-4/h9-10,12H,5-8,13H2,1-4H3,(H,14,15). The number of nitrogens with one attached hydrogen (secondary N) is 1. The van der Waals surface area contributed by atoms with Gasteiger partial charge in [-0.3, -0.25) is 4.79 Å². The summed E-state index contributed by atoms with van der Waals surface area (Å²) in [5, 5.41) is 2.78. The highest BCUT2D eigenvalue weighted by molar-refractivity contribution is 5.76. The van der Waals surface area contributed by atoms with Crippen molar-refractivity contribution in [2.75, 3.05) is 27.3 Å². The average Bonchev–Trinajstić information content (AvgIpc) is 2.28. The minimum Gasteiger partial charge on any atom is -0.354 e. The molecule has 0 heterocycles. The van der Waals surface area contributed by atoms with Gasteiger partial charge in [-0.25, -0.2) is 0 Å². The molecule has 0 spiro atoms. The third kappa shape index (κ3) is 8.12. The molecule has 0 bridgehead atoms. The van der Waals surface area contributed by atoms with E-state index in [2.05, 4.69) is 19.2 Å². The molecule has 0 rings (SSSR count). The Hall–Kier alpha value is -0.650. The molecule has 0 aliphatic heterocycles. The Morgan fingerprint density at radius 1 is 1.29 bits per heavy atom. The first-order valence-electron chi connectivity index (χ1n) is 6.05. The van der Waals surface area contributed by atoms with Gasteiger partial charge in [0.05, 0.1) is 6.54 Å². The van der Waals surface area contributed by atoms with Crippen LogP contribution >= 0.6 is 0 Å². The Bertz CT molecular complexity index is 206. The topological polar surface area (TPSA) is 73.6 Å². The summed E-state index contributed by atoms with van der Waals surface area (Å²) in [6, 6.07) is 0. The summed E-state index contributed by atoms with van der Waals surface area (Å²) in [6.07, 6.45) is 1.05. The van der Waals surface area contributed by atoms with Crippen molar-refractivity contribution in [1.29, 1.82) is 0 Å². The maximum atomic E-state index is 11.7. The van der Waals surface area contributed by atoms with Crippen LogP contribution in [0.25, 0.3) is 0 Å². The van der Waals surface area contributed by atoms with Gasteiger partial charge >= 0.3 is 0 Å². The van der Waals surface area contributed by atoms with Crippen molar-refractivity contribution < 1.29 is 14.3 Å². The van der Waals surface area contributed by atoms with Crippen molar-refractivity contribution in [3.05, 3.63) is 0 Å². The van der Waals surface area contributed by atoms with E-state index < -0.39 is 0 Å². The van der Waals surface area contributed by atoms with E-state index in [1.165, 1.54) is 0 Å². The fourth-order valence-corrected chi connectivity index (χ4v) is 1.72. The monoisotopic (exact) mass is 246 g/mol. The summed E-state index contributed by atoms with van der Waals surface area (Å²) in [4.78, 5) is 11.7. The van der Waals surface area contributed by atoms with Gasteiger partial charge in [-0.1, -0.05) is 13.8 Å². The Morgan fingerprint density at radius 2 is 1.88 bits per heavy atom. The minimum atomic E-state index is -0.389. The highest BCUT2D eigenvalue weighted by atomic mass is 16.7. The first-order valence-corrected chi connectivity index (χ1v) is 6.05. The molecule has 0 aliphatic carbocycles. The van der Waals surface area contributed by atoms with Crippen LogP contribution in [0.3, 0.4) is 0 Å². The molecular weight excluding hydrogens is 220 g/mol. The lowest BCUT2D eigenvalue weighted by Crippen LogP contribution is -2.36. The zero-order valence-electron chi connectivity index (χ0n) is 11.4. The highest BCUT2D eigenvalue weighted by Crippen LogP contribution is 2.13. The first-order chi connectivity index (χ1) is 8.03. The molecule has 1 atom stereocenters. The van der Waals surface area contributed by atoms with Gasteiger partial charge in [-0.2, -0.15) is 0 Å². The number of carbonyl (C=O) groups is 1. The van der Waals surface area contributed by atoms with Crippen LogP contribution in [0.2, 0.25) is 0 Å². The quantitative estimate of drug-likeness (QED) is 0.588. The summed E-state index contributed by atoms with van der Waals surface area (Å²) in [5.74, 6) is 0.806. The number of rotatable bonds is 9. The largest absolute Gasteiger partial charge is 0.354 e. The normalized spacial score (nSPS) is 13.1. The average molecular weight is 246 g/mol. The maximum Gasteiger partial charge on any atom is 0.220 e. The van der Waals surface area contributed by atoms with E-state index in [1.54, 1.807) is 14.2 Å². The molecule has 0 aliphatic rings. The van der Waals surface area contributed by atoms with Gasteiger partial charge in [0.2, 0.25) is 5.91 Å². The van der Waals surface area contributed by atoms with Crippen LogP contribution < -0.4 is 11.1 Å². The number of methoxy groups -OCH3 is 2. The first kappa shape index (κ1) is 16.4. The Balaban J connectivity index is 3.90. The third-order valence-corrected chi connectivity index (χ3v) is 2.60. The van der Waals surface area contributed by atoms with E-state index in [0.717, 1.165) is 6.42 Å². The summed E-state index contributed by atoms with van der Waals surface area (Å²) in [5.41, 5.74) is 5.65. The van der Waals surface area contributed by atoms with Gasteiger partial charge in [-0.05, 0) is 24.8 Å². The molecule has 0 fully saturated rings. The molecular formula is C12H26N2O3. The Labute approximate surface area is 104 Å². The van der Waals surface area contributed by atoms with Crippen LogP contribution in [-0.2, 0) is 14.3 Å². The predicted molar refractivity (Wildman–Crippen MR) is 67.4 cm³/mol. The van der Waals surface area contributed by atoms with Gasteiger partial charge in [0.1, 0.15) is 0 Å². The van der Waals surface area contributed by atoms with E-state index in [0.29, 0.717) is 25.4 Å². The second kappa shape index (κ2) is 9.39. The molecule has 1 amide bonds. The van der Waals surface area contributed by atoms with Crippen molar-refractivity contribution in [2.24, 2.45) is 17.6 Å². The van der Waals surface area contributed by atoms with E-state index in [4.69, 9.17) is 15.2 Å². The molecule has 102 valence electrons. The molecule has 5 heteroatoms. The number of hydrogen-bond donors (Lipinski definition) is 2. The molecule has 0 saturated heterocycles. The molecule has 5 nitrogen and oxygen atoms in total. The van der Waals surface area contributed by atoms with Gasteiger partial charge in [0, 0.05) is 20.6 Å². The van der Waals surface area contributed by atoms with Gasteiger partial charge in [-0.15, -0.1) is 0 Å². The van der Waals surface area contributed by atoms with Crippen LogP contribution in [0, 0.1) is 11.8 Å². The minimum absolute atomic E-state index is 0.000185. The lowest BCUT2D eigenvalue weighted by atomic mass is 9.94. The Kier molecular flexibility index (Phi) is 9.03. The third-order valence-electron chi connectivity index (χ3n) is 2.60. The maximum absolute atomic E-state index is 11.7. The molecule has 0 aromatic heterocycles. The fourth-order valence-electron chi connectivity index (χ4n) is 1.72. The second-order valence-electron chi connectivity index (χ2n) is 4.64. The number of carbonyl (C=O) groups excluding carboxylic acids is 1. The van der Waals surface area contributed by atoms with E-state index in [9.17, 15) is 4.79 Å². The molecule has 1 unspecified atom stereocenters. The molecule has 0 aromatic carbocycles. The van der Waals surface area contributed by atoms with E-state index in [-0.39, 0.29) is 18.1 Å². The summed E-state index contributed by atoms with van der Waals surface area (Å²) >= 11 is 0. The van der Waals surface area contributed by atoms with Crippen molar-refractivity contribution >= 4 is 5.91 Å². The highest BCUT2D eigenvalue weighted by Gasteiger charge is 2.15. The lowest BCUT2D eigenvalue weighted by molar-refractivity contribution is -0.128. The summed E-state index contributed by atoms with van der Waals surface area (Å²) < 4.78 is 9.97. The van der Waals surface area contributed by atoms with Gasteiger partial charge in [0.15, 0.2) is 6.29 Å². The zero-order chi connectivity index (χ0) is 13.3. The zero-order valence-corrected chi connectivity index (χ0v) is 11.4. The SMILES string of the molecule is COC(CNC(=O)CC(CN)CC(C)C)OC. The molecule has 0 saturated carbocycles. The lowest BCUT2D eigenvalue weighted by Gasteiger charge is -2.18. The molecule has 0 radical (unpaired) electrons. The number of amides is 1. The van der Waals surface area contributed by atoms with Crippen molar-refractivity contribution in [3.8, 4) is 0 Å². The van der Waals surface area contributed by atoms with Crippen molar-refractivity contribution in [2.45, 2.75) is 33.0 Å². The molecule has 0 aromatic rings. The second-order valence-corrected chi connectivity index (χ2v) is 4.64. The van der Waals surface area contributed by atoms with Gasteiger partial charge in [0.25, 0.3) is 0 Å². The molecule has 17 heavy (non-hydrogen) atoms. The number of ether oxygens (including phenoxy) is 2. The van der Waals surface area contributed by atoms with Crippen LogP contribution in [0.15, 0.2) is 0 Å². The van der Waals surface area contributed by atoms with Crippen LogP contribution in [-0.4, -0.2) is 39.5 Å². The fraction of sp³-hybridized carbons (Fsp3) is 0.917. The smallest absolute Gasteiger partial charge is 0.220 e. The van der Waals surface area contributed by atoms with Crippen LogP contribution in [0.5, 0.6) is 0 Å². The summed E-state index contributed by atoms with van der Waals surface area (Å²) in [7, 11) is 3.09. The Morgan fingerprint density at radius 3 is 2.29 bits per heavy atom. The van der Waals surface area contributed by atoms with Crippen molar-refractivity contribution in [1.82, 2.24) is 5.32 Å². The number of nitrogens with two attached hydrogens (primary N) is 1. The molecule has 3 N–H and O–H groups in total. The van der Waals surface area contributed by atoms with E-state index >= 15 is 0 Å². The van der Waals surface area contributed by atoms with E-state index in [1.807, 2.05) is 0 Å². The van der Waals surface area contributed by atoms with Crippen LogP contribution in [0.1, 0.15) is 26.7 Å². The van der Waals surface area contributed by atoms with Crippen LogP contribution in [0.4, 0.5) is 0 Å².